The number of nitrogens with two attached hydrogens (primary N) is 1. The summed E-state index contributed by atoms with van der Waals surface area (Å²) in [5.74, 6) is -4.51. The predicted molar refractivity (Wildman–Crippen MR) is 324 cm³/mol. The Labute approximate surface area is 497 Å². The lowest BCUT2D eigenvalue weighted by Crippen LogP contribution is -2.57. The number of hydrogen-bond donors (Lipinski definition) is 9. The van der Waals surface area contributed by atoms with Crippen LogP contribution in [0.15, 0.2) is 29.3 Å². The molecule has 4 amide bonds. The van der Waals surface area contributed by atoms with E-state index in [2.05, 4.69) is 26.2 Å². The van der Waals surface area contributed by atoms with Crippen LogP contribution in [-0.2, 0) is 44.9 Å². The molecule has 1 aliphatic carbocycles. The summed E-state index contributed by atoms with van der Waals surface area (Å²) in [4.78, 5) is 115. The largest absolute Gasteiger partial charge is 0.480 e. The molecule has 2 aliphatic heterocycles. The summed E-state index contributed by atoms with van der Waals surface area (Å²) in [6.45, 7) is 6.30. The number of carbonyl (C=O) groups is 8. The molecule has 3 fully saturated rings. The fourth-order valence-corrected chi connectivity index (χ4v) is 12.1. The van der Waals surface area contributed by atoms with Crippen molar-refractivity contribution in [2.75, 3.05) is 102 Å². The molecule has 4 atom stereocenters. The first-order valence-electron chi connectivity index (χ1n) is 29.0. The number of amidine groups is 1. The van der Waals surface area contributed by atoms with Gasteiger partial charge < -0.3 is 47.4 Å². The number of aliphatic imine (C=N–C) groups is 1. The Kier molecular flexibility index (Phi) is 32.1. The highest BCUT2D eigenvalue weighted by atomic mass is 32.2. The van der Waals surface area contributed by atoms with Gasteiger partial charge in [-0.2, -0.15) is 11.8 Å². The highest BCUT2D eigenvalue weighted by Gasteiger charge is 2.38. The van der Waals surface area contributed by atoms with Crippen molar-refractivity contribution in [3.63, 3.8) is 0 Å². The molecule has 10 N–H and O–H groups in total. The Hall–Kier alpha value is -5.12. The molecule has 2 heterocycles. The van der Waals surface area contributed by atoms with Crippen molar-refractivity contribution >= 4 is 99.9 Å². The van der Waals surface area contributed by atoms with Gasteiger partial charge in [-0.25, -0.2) is 4.79 Å². The third kappa shape index (κ3) is 27.1. The van der Waals surface area contributed by atoms with Crippen LogP contribution >= 0.6 is 35.7 Å². The van der Waals surface area contributed by atoms with E-state index in [1.807, 2.05) is 30.5 Å². The Bertz CT molecular complexity index is 2220. The lowest BCUT2D eigenvalue weighted by atomic mass is 9.98. The lowest BCUT2D eigenvalue weighted by Gasteiger charge is -2.33. The Morgan fingerprint density at radius 2 is 1.22 bits per heavy atom. The van der Waals surface area contributed by atoms with E-state index < -0.39 is 65.0 Å². The molecule has 26 heteroatoms. The maximum absolute atomic E-state index is 13.9. The van der Waals surface area contributed by atoms with Gasteiger partial charge in [0.25, 0.3) is 0 Å². The van der Waals surface area contributed by atoms with Crippen LogP contribution in [0.4, 0.5) is 5.69 Å². The van der Waals surface area contributed by atoms with E-state index in [1.165, 1.54) is 73.4 Å². The molecule has 4 unspecified atom stereocenters. The number of rotatable bonds is 30. The molecule has 4 rings (SSSR count). The molecule has 0 spiro atoms. The molecule has 23 nitrogen and oxygen atoms in total. The molecule has 0 radical (unpaired) electrons. The smallest absolute Gasteiger partial charge is 0.326 e. The number of carboxylic acids is 4. The molecule has 82 heavy (non-hydrogen) atoms. The van der Waals surface area contributed by atoms with Crippen molar-refractivity contribution in [3.8, 4) is 0 Å². The second-order valence-electron chi connectivity index (χ2n) is 21.9. The maximum Gasteiger partial charge on any atom is 0.326 e. The van der Waals surface area contributed by atoms with E-state index in [4.69, 9.17) is 22.9 Å². The van der Waals surface area contributed by atoms with Crippen LogP contribution in [0.25, 0.3) is 0 Å². The number of imide groups is 1. The van der Waals surface area contributed by atoms with Crippen molar-refractivity contribution in [2.45, 2.75) is 153 Å². The number of carboxylic acid groups (broad SMARTS) is 4. The van der Waals surface area contributed by atoms with Gasteiger partial charge in [0.05, 0.1) is 36.8 Å². The fraction of sp³-hybridized carbons (Fsp3) is 0.714. The van der Waals surface area contributed by atoms with Crippen molar-refractivity contribution < 1.29 is 58.8 Å². The Morgan fingerprint density at radius 3 is 1.73 bits per heavy atom. The monoisotopic (exact) mass is 1210 g/mol. The molecule has 460 valence electrons. The van der Waals surface area contributed by atoms with Gasteiger partial charge in [-0.05, 0) is 98.5 Å². The molecule has 0 aromatic heterocycles. The first-order valence-corrected chi connectivity index (χ1v) is 31.9. The van der Waals surface area contributed by atoms with E-state index in [1.54, 1.807) is 28.5 Å². The summed E-state index contributed by atoms with van der Waals surface area (Å²) >= 11 is 8.63. The average Bonchev–Trinajstić information content (AvgIpc) is 3.97. The molecule has 3 aliphatic rings. The number of nitrogens with zero attached hydrogens (tertiary/aromatic N) is 6. The third-order valence-corrected chi connectivity index (χ3v) is 17.0. The standard InChI is InChI=1S/C56H91N11O12S3/c1-39(2)51(53(76)60-44(55(78)79)16-11-12-23-67-47(68)34-45(54(67)77)82-32-13-17-46(57)58-41-14-9-7-5-4-6-8-10-15-41)62-52(75)43(22-33-81-3)61-56(80)59-42-20-18-40(19-21-42)35-63-24-26-64(36-48(69)70)28-30-66(38-50(73)74)31-29-65(27-25-63)37-49(71)72/h18-21,39,41,43-45,51H,4-17,22-38H2,1-3H3,(H2,57,58)(H,60,76)(H,62,75)(H,69,70)(H,71,72)(H,73,74)(H,78,79)(H2,59,61,80). The lowest BCUT2D eigenvalue weighted by molar-refractivity contribution is -0.143. The number of carbonyl (C=O) groups excluding carboxylic acids is 4. The first-order chi connectivity index (χ1) is 39.2. The molecule has 0 bridgehead atoms. The number of hydrogen-bond acceptors (Lipinski definition) is 16. The van der Waals surface area contributed by atoms with Crippen molar-refractivity contribution in [2.24, 2.45) is 16.6 Å². The number of unbranched alkanes of at least 4 members (excludes halogenated alkanes) is 1. The van der Waals surface area contributed by atoms with Gasteiger partial charge in [0.1, 0.15) is 18.1 Å². The van der Waals surface area contributed by atoms with E-state index >= 15 is 0 Å². The Morgan fingerprint density at radius 1 is 0.683 bits per heavy atom. The minimum absolute atomic E-state index is 0.0354. The summed E-state index contributed by atoms with van der Waals surface area (Å²) in [6, 6.07) is 4.45. The zero-order valence-electron chi connectivity index (χ0n) is 48.2. The fourth-order valence-electron chi connectivity index (χ4n) is 10.2. The number of thioether (sulfide) groups is 2. The Balaban J connectivity index is 1.26. The van der Waals surface area contributed by atoms with Crippen LogP contribution in [0, 0.1) is 5.92 Å². The number of benzene rings is 1. The van der Waals surface area contributed by atoms with Crippen molar-refractivity contribution in [1.82, 2.24) is 40.4 Å². The van der Waals surface area contributed by atoms with Crippen LogP contribution in [0.3, 0.4) is 0 Å². The number of nitrogens with one attached hydrogen (secondary N) is 4. The number of amides is 4. The molecule has 1 aromatic carbocycles. The number of aliphatic carboxylic acids is 4. The summed E-state index contributed by atoms with van der Waals surface area (Å²) in [5.41, 5.74) is 7.86. The highest BCUT2D eigenvalue weighted by Crippen LogP contribution is 2.27. The highest BCUT2D eigenvalue weighted by molar-refractivity contribution is 8.00. The van der Waals surface area contributed by atoms with Crippen LogP contribution in [0.5, 0.6) is 0 Å². The van der Waals surface area contributed by atoms with Gasteiger partial charge in [-0.1, -0.05) is 70.9 Å². The van der Waals surface area contributed by atoms with E-state index in [-0.39, 0.29) is 62.0 Å². The van der Waals surface area contributed by atoms with Gasteiger partial charge in [-0.15, -0.1) is 11.8 Å². The topological polar surface area (TPSA) is 320 Å². The summed E-state index contributed by atoms with van der Waals surface area (Å²) < 4.78 is 0. The number of anilines is 1. The quantitative estimate of drug-likeness (QED) is 0.0174. The van der Waals surface area contributed by atoms with Gasteiger partial charge >= 0.3 is 23.9 Å². The second-order valence-corrected chi connectivity index (χ2v) is 24.6. The normalized spacial score (nSPS) is 19.5. The second kappa shape index (κ2) is 38.0. The van der Waals surface area contributed by atoms with E-state index in [9.17, 15) is 58.8 Å². The SMILES string of the molecule is CSCCC(NC(=S)Nc1ccc(CN2CCN(CC(=O)O)CCN(CC(=O)O)CCN(CC(=O)O)CC2)cc1)C(=O)NC(C(=O)NC(CCCCN1C(=O)CC(SCCCC(N)=NC2CCCCCCCCC2)C1=O)C(=O)O)C(C)C. The minimum Gasteiger partial charge on any atom is -0.480 e. The van der Waals surface area contributed by atoms with Crippen LogP contribution in [0.1, 0.15) is 122 Å². The zero-order valence-corrected chi connectivity index (χ0v) is 50.7. The van der Waals surface area contributed by atoms with Crippen molar-refractivity contribution in [3.05, 3.63) is 29.8 Å². The van der Waals surface area contributed by atoms with Gasteiger partial charge in [0.2, 0.25) is 23.6 Å². The predicted octanol–water partition coefficient (Wildman–Crippen LogP) is 3.84. The average molecular weight is 1210 g/mol. The molecule has 2 saturated heterocycles. The number of thiocarbonyl (C=S) groups is 1. The number of likely N-dealkylation sites (tertiary alicyclic amines) is 1. The molecule has 1 aromatic rings. The minimum atomic E-state index is -1.29. The van der Waals surface area contributed by atoms with Crippen LogP contribution in [-0.4, -0.2) is 229 Å². The van der Waals surface area contributed by atoms with Gasteiger partial charge in [0, 0.05) is 84.0 Å². The first kappa shape index (κ1) is 69.4. The summed E-state index contributed by atoms with van der Waals surface area (Å²) in [5, 5.41) is 50.1. The zero-order chi connectivity index (χ0) is 60.0. The maximum atomic E-state index is 13.9. The molecular weight excluding hydrogens is 1110 g/mol. The molecular formula is C56H91N11O12S3. The van der Waals surface area contributed by atoms with E-state index in [0.717, 1.165) is 24.8 Å². The summed E-state index contributed by atoms with van der Waals surface area (Å²) in [6.07, 6.45) is 15.3. The van der Waals surface area contributed by atoms with Gasteiger partial charge in [-0.3, -0.25) is 63.1 Å². The van der Waals surface area contributed by atoms with Gasteiger partial charge in [0.15, 0.2) is 5.11 Å². The third-order valence-electron chi connectivity index (χ3n) is 14.9. The van der Waals surface area contributed by atoms with E-state index in [0.29, 0.717) is 108 Å². The van der Waals surface area contributed by atoms with Crippen LogP contribution in [0.2, 0.25) is 0 Å². The molecule has 1 saturated carbocycles. The summed E-state index contributed by atoms with van der Waals surface area (Å²) in [7, 11) is 0. The van der Waals surface area contributed by atoms with Crippen molar-refractivity contribution in [1.29, 1.82) is 0 Å². The van der Waals surface area contributed by atoms with Crippen LogP contribution < -0.4 is 27.0 Å².